The summed E-state index contributed by atoms with van der Waals surface area (Å²) >= 11 is 0. The van der Waals surface area contributed by atoms with Crippen molar-refractivity contribution < 1.29 is 9.26 Å². The van der Waals surface area contributed by atoms with E-state index in [1.54, 1.807) is 0 Å². The first-order valence-corrected chi connectivity index (χ1v) is 10.1. The van der Waals surface area contributed by atoms with E-state index >= 15 is 0 Å². The van der Waals surface area contributed by atoms with Crippen LogP contribution >= 0.6 is 0 Å². The molecule has 4 rings (SSSR count). The summed E-state index contributed by atoms with van der Waals surface area (Å²) in [5, 5.41) is 4.17. The lowest BCUT2D eigenvalue weighted by Gasteiger charge is -2.31. The van der Waals surface area contributed by atoms with Gasteiger partial charge in [-0.05, 0) is 62.9 Å². The molecule has 0 bridgehead atoms. The first kappa shape index (κ1) is 18.7. The molecular weight excluding hydrogens is 350 g/mol. The van der Waals surface area contributed by atoms with Crippen molar-refractivity contribution in [1.82, 2.24) is 15.0 Å². The maximum absolute atomic E-state index is 5.68. The van der Waals surface area contributed by atoms with Crippen LogP contribution in [0.15, 0.2) is 59.1 Å². The second-order valence-corrected chi connectivity index (χ2v) is 7.35. The van der Waals surface area contributed by atoms with Gasteiger partial charge in [-0.2, -0.15) is 4.98 Å². The van der Waals surface area contributed by atoms with Gasteiger partial charge < -0.3 is 9.26 Å². The van der Waals surface area contributed by atoms with Crippen molar-refractivity contribution >= 4 is 0 Å². The quantitative estimate of drug-likeness (QED) is 0.603. The number of hydrogen-bond donors (Lipinski definition) is 0. The molecule has 5 nitrogen and oxygen atoms in total. The van der Waals surface area contributed by atoms with E-state index in [-0.39, 0.29) is 0 Å². The fraction of sp³-hybridized carbons (Fsp3) is 0.391. The first-order valence-electron chi connectivity index (χ1n) is 10.1. The van der Waals surface area contributed by atoms with E-state index in [0.717, 1.165) is 30.3 Å². The lowest BCUT2D eigenvalue weighted by atomic mass is 9.90. The Balaban J connectivity index is 1.33. The van der Waals surface area contributed by atoms with Crippen molar-refractivity contribution in [2.45, 2.75) is 32.7 Å². The number of ether oxygens (including phenoxy) is 1. The summed E-state index contributed by atoms with van der Waals surface area (Å²) in [5.74, 6) is 2.81. The predicted octanol–water partition coefficient (Wildman–Crippen LogP) is 4.59. The molecule has 0 atom stereocenters. The monoisotopic (exact) mass is 377 g/mol. The van der Waals surface area contributed by atoms with E-state index < -0.39 is 0 Å². The van der Waals surface area contributed by atoms with E-state index in [2.05, 4.69) is 45.4 Å². The van der Waals surface area contributed by atoms with Gasteiger partial charge in [-0.25, -0.2) is 0 Å². The molecule has 1 aliphatic heterocycles. The Bertz CT molecular complexity index is 870. The zero-order chi connectivity index (χ0) is 19.2. The molecule has 2 heterocycles. The highest BCUT2D eigenvalue weighted by molar-refractivity contribution is 5.63. The van der Waals surface area contributed by atoms with Crippen LogP contribution in [-0.2, 0) is 13.0 Å². The minimum absolute atomic E-state index is 0.595. The normalized spacial score (nSPS) is 15.6. The molecule has 3 aromatic rings. The Hall–Kier alpha value is -2.66. The van der Waals surface area contributed by atoms with Crippen LogP contribution in [0.25, 0.3) is 11.4 Å². The number of hydrogen-bond acceptors (Lipinski definition) is 5. The molecule has 0 saturated carbocycles. The Morgan fingerprint density at radius 3 is 2.57 bits per heavy atom. The number of para-hydroxylation sites is 1. The van der Waals surface area contributed by atoms with Crippen LogP contribution in [0.5, 0.6) is 5.75 Å². The van der Waals surface area contributed by atoms with Gasteiger partial charge in [-0.15, -0.1) is 0 Å². The summed E-state index contributed by atoms with van der Waals surface area (Å²) < 4.78 is 11.2. The van der Waals surface area contributed by atoms with Gasteiger partial charge in [0.25, 0.3) is 0 Å². The summed E-state index contributed by atoms with van der Waals surface area (Å²) in [6.45, 7) is 5.44. The standard InChI is InChI=1S/C23H27N3O2/c1-2-27-21-11-7-6-10-20(21)23-24-22(28-25-23)17-26-14-12-19(13-15-26)16-18-8-4-3-5-9-18/h3-11,19H,2,12-17H2,1H3. The molecule has 146 valence electrons. The molecule has 1 aliphatic rings. The SMILES string of the molecule is CCOc1ccccc1-c1noc(CN2CCC(Cc3ccccc3)CC2)n1. The average molecular weight is 377 g/mol. The predicted molar refractivity (Wildman–Crippen MR) is 109 cm³/mol. The largest absolute Gasteiger partial charge is 0.493 e. The number of aromatic nitrogens is 2. The maximum Gasteiger partial charge on any atom is 0.241 e. The molecular formula is C23H27N3O2. The Morgan fingerprint density at radius 2 is 1.79 bits per heavy atom. The van der Waals surface area contributed by atoms with Gasteiger partial charge in [0, 0.05) is 0 Å². The highest BCUT2D eigenvalue weighted by Gasteiger charge is 2.22. The van der Waals surface area contributed by atoms with Gasteiger partial charge in [0.2, 0.25) is 11.7 Å². The molecule has 0 aliphatic carbocycles. The highest BCUT2D eigenvalue weighted by atomic mass is 16.5. The van der Waals surface area contributed by atoms with Crippen molar-refractivity contribution in [2.24, 2.45) is 5.92 Å². The molecule has 0 amide bonds. The Kier molecular flexibility index (Phi) is 6.02. The summed E-state index contributed by atoms with van der Waals surface area (Å²) in [6, 6.07) is 18.6. The maximum atomic E-state index is 5.68. The summed E-state index contributed by atoms with van der Waals surface area (Å²) in [7, 11) is 0. The third-order valence-electron chi connectivity index (χ3n) is 5.33. The van der Waals surface area contributed by atoms with E-state index in [1.165, 1.54) is 24.8 Å². The van der Waals surface area contributed by atoms with Gasteiger partial charge in [0.05, 0.1) is 18.7 Å². The Morgan fingerprint density at radius 1 is 1.04 bits per heavy atom. The minimum Gasteiger partial charge on any atom is -0.493 e. The zero-order valence-corrected chi connectivity index (χ0v) is 16.4. The number of likely N-dealkylation sites (tertiary alicyclic amines) is 1. The third kappa shape index (κ3) is 4.60. The minimum atomic E-state index is 0.595. The van der Waals surface area contributed by atoms with Gasteiger partial charge >= 0.3 is 0 Å². The molecule has 1 fully saturated rings. The van der Waals surface area contributed by atoms with Crippen LogP contribution in [0.3, 0.4) is 0 Å². The van der Waals surface area contributed by atoms with Crippen molar-refractivity contribution in [3.63, 3.8) is 0 Å². The van der Waals surface area contributed by atoms with Crippen molar-refractivity contribution in [2.75, 3.05) is 19.7 Å². The molecule has 28 heavy (non-hydrogen) atoms. The molecule has 1 aromatic heterocycles. The van der Waals surface area contributed by atoms with Gasteiger partial charge in [-0.3, -0.25) is 4.90 Å². The van der Waals surface area contributed by atoms with Gasteiger partial charge in [-0.1, -0.05) is 47.6 Å². The molecule has 0 N–H and O–H groups in total. The van der Waals surface area contributed by atoms with E-state index in [9.17, 15) is 0 Å². The summed E-state index contributed by atoms with van der Waals surface area (Å²) in [5.41, 5.74) is 2.32. The van der Waals surface area contributed by atoms with Crippen LogP contribution in [-0.4, -0.2) is 34.7 Å². The number of piperidine rings is 1. The van der Waals surface area contributed by atoms with E-state index in [0.29, 0.717) is 24.9 Å². The van der Waals surface area contributed by atoms with Crippen molar-refractivity contribution in [1.29, 1.82) is 0 Å². The molecule has 5 heteroatoms. The number of nitrogens with zero attached hydrogens (tertiary/aromatic N) is 3. The summed E-state index contributed by atoms with van der Waals surface area (Å²) in [4.78, 5) is 7.01. The van der Waals surface area contributed by atoms with Crippen molar-refractivity contribution in [3.8, 4) is 17.1 Å². The topological polar surface area (TPSA) is 51.4 Å². The smallest absolute Gasteiger partial charge is 0.241 e. The highest BCUT2D eigenvalue weighted by Crippen LogP contribution is 2.28. The number of benzene rings is 2. The molecule has 0 radical (unpaired) electrons. The van der Waals surface area contributed by atoms with E-state index in [1.807, 2.05) is 31.2 Å². The molecule has 1 saturated heterocycles. The lowest BCUT2D eigenvalue weighted by molar-refractivity contribution is 0.159. The van der Waals surface area contributed by atoms with Gasteiger partial charge in [0.1, 0.15) is 5.75 Å². The first-order chi connectivity index (χ1) is 13.8. The lowest BCUT2D eigenvalue weighted by Crippen LogP contribution is -2.33. The molecule has 0 spiro atoms. The second-order valence-electron chi connectivity index (χ2n) is 7.35. The van der Waals surface area contributed by atoms with Crippen LogP contribution in [0.2, 0.25) is 0 Å². The zero-order valence-electron chi connectivity index (χ0n) is 16.4. The summed E-state index contributed by atoms with van der Waals surface area (Å²) in [6.07, 6.45) is 3.60. The van der Waals surface area contributed by atoms with Crippen LogP contribution in [0.1, 0.15) is 31.2 Å². The Labute approximate surface area is 166 Å². The molecule has 2 aromatic carbocycles. The van der Waals surface area contributed by atoms with Gasteiger partial charge in [0.15, 0.2) is 0 Å². The fourth-order valence-corrected chi connectivity index (χ4v) is 3.85. The van der Waals surface area contributed by atoms with E-state index in [4.69, 9.17) is 9.26 Å². The second kappa shape index (κ2) is 9.02. The van der Waals surface area contributed by atoms with Crippen LogP contribution in [0.4, 0.5) is 0 Å². The number of rotatable bonds is 7. The average Bonchev–Trinajstić information content (AvgIpc) is 3.19. The van der Waals surface area contributed by atoms with Crippen LogP contribution in [0, 0.1) is 5.92 Å². The van der Waals surface area contributed by atoms with Crippen LogP contribution < -0.4 is 4.74 Å². The molecule has 0 unspecified atom stereocenters. The fourth-order valence-electron chi connectivity index (χ4n) is 3.85. The van der Waals surface area contributed by atoms with Crippen molar-refractivity contribution in [3.05, 3.63) is 66.1 Å². The third-order valence-corrected chi connectivity index (χ3v) is 5.33.